The van der Waals surface area contributed by atoms with Gasteiger partial charge in [-0.15, -0.1) is 0 Å². The number of hydrogen-bond acceptors (Lipinski definition) is 2. The highest BCUT2D eigenvalue weighted by molar-refractivity contribution is 5.89. The van der Waals surface area contributed by atoms with E-state index in [1.165, 1.54) is 0 Å². The van der Waals surface area contributed by atoms with Crippen LogP contribution in [0.2, 0.25) is 0 Å². The van der Waals surface area contributed by atoms with E-state index in [1.54, 1.807) is 12.5 Å². The number of aromatic nitrogens is 3. The van der Waals surface area contributed by atoms with Crippen molar-refractivity contribution < 1.29 is 4.79 Å². The molecule has 1 amide bonds. The summed E-state index contributed by atoms with van der Waals surface area (Å²) in [4.78, 5) is 16.4. The second-order valence-electron chi connectivity index (χ2n) is 6.37. The van der Waals surface area contributed by atoms with E-state index >= 15 is 0 Å². The number of aryl methyl sites for hydroxylation is 1. The summed E-state index contributed by atoms with van der Waals surface area (Å²) < 4.78 is 4.01. The van der Waals surface area contributed by atoms with Crippen molar-refractivity contribution in [2.45, 2.75) is 13.0 Å². The monoisotopic (exact) mass is 344 g/mol. The average Bonchev–Trinajstić information content (AvgIpc) is 3.30. The molecular weight excluding hydrogens is 324 g/mol. The molecule has 130 valence electrons. The fourth-order valence-electron chi connectivity index (χ4n) is 3.20. The normalized spacial score (nSPS) is 11.0. The van der Waals surface area contributed by atoms with Crippen LogP contribution < -0.4 is 5.32 Å². The maximum absolute atomic E-state index is 12.4. The SMILES string of the molecule is Cn1cc(CC(=O)NCc2ccc(-n3ccnc3)cc2)c2ccccc21. The van der Waals surface area contributed by atoms with Gasteiger partial charge in [0.1, 0.15) is 0 Å². The minimum absolute atomic E-state index is 0.0278. The predicted octanol–water partition coefficient (Wildman–Crippen LogP) is 3.22. The van der Waals surface area contributed by atoms with Gasteiger partial charge in [-0.25, -0.2) is 4.98 Å². The molecule has 0 saturated carbocycles. The zero-order chi connectivity index (χ0) is 17.9. The zero-order valence-electron chi connectivity index (χ0n) is 14.6. The van der Waals surface area contributed by atoms with Crippen LogP contribution in [0.1, 0.15) is 11.1 Å². The number of imidazole rings is 1. The quantitative estimate of drug-likeness (QED) is 0.604. The molecule has 0 aliphatic carbocycles. The summed E-state index contributed by atoms with van der Waals surface area (Å²) in [6.45, 7) is 0.522. The number of carbonyl (C=O) groups excluding carboxylic acids is 1. The Morgan fingerprint density at radius 1 is 1.12 bits per heavy atom. The number of hydrogen-bond donors (Lipinski definition) is 1. The minimum Gasteiger partial charge on any atom is -0.352 e. The largest absolute Gasteiger partial charge is 0.352 e. The summed E-state index contributed by atoms with van der Waals surface area (Å²) in [6, 6.07) is 16.2. The maximum Gasteiger partial charge on any atom is 0.224 e. The number of fused-ring (bicyclic) bond motifs is 1. The average molecular weight is 344 g/mol. The Morgan fingerprint density at radius 3 is 2.69 bits per heavy atom. The summed E-state index contributed by atoms with van der Waals surface area (Å²) in [7, 11) is 2.01. The number of nitrogens with zero attached hydrogens (tertiary/aromatic N) is 3. The van der Waals surface area contributed by atoms with Gasteiger partial charge < -0.3 is 14.5 Å². The van der Waals surface area contributed by atoms with Crippen molar-refractivity contribution in [3.05, 3.63) is 84.6 Å². The molecule has 0 aliphatic heterocycles. The van der Waals surface area contributed by atoms with E-state index in [0.717, 1.165) is 27.7 Å². The first-order valence-corrected chi connectivity index (χ1v) is 8.57. The molecule has 0 unspecified atom stereocenters. The van der Waals surface area contributed by atoms with Gasteiger partial charge in [-0.1, -0.05) is 30.3 Å². The van der Waals surface area contributed by atoms with Crippen LogP contribution >= 0.6 is 0 Å². The predicted molar refractivity (Wildman–Crippen MR) is 102 cm³/mol. The highest BCUT2D eigenvalue weighted by Crippen LogP contribution is 2.20. The third-order valence-electron chi connectivity index (χ3n) is 4.56. The van der Waals surface area contributed by atoms with Crippen molar-refractivity contribution in [1.29, 1.82) is 0 Å². The van der Waals surface area contributed by atoms with Gasteiger partial charge in [-0.2, -0.15) is 0 Å². The van der Waals surface area contributed by atoms with Gasteiger partial charge in [0.25, 0.3) is 0 Å². The first kappa shape index (κ1) is 16.1. The molecule has 0 saturated heterocycles. The van der Waals surface area contributed by atoms with Gasteiger partial charge in [0.15, 0.2) is 0 Å². The zero-order valence-corrected chi connectivity index (χ0v) is 14.6. The number of rotatable bonds is 5. The molecule has 2 aromatic heterocycles. The van der Waals surface area contributed by atoms with Gasteiger partial charge in [0.2, 0.25) is 5.91 Å². The highest BCUT2D eigenvalue weighted by Gasteiger charge is 2.10. The first-order valence-electron chi connectivity index (χ1n) is 8.57. The van der Waals surface area contributed by atoms with E-state index in [-0.39, 0.29) is 5.91 Å². The molecule has 0 spiro atoms. The van der Waals surface area contributed by atoms with Crippen molar-refractivity contribution in [3.63, 3.8) is 0 Å². The highest BCUT2D eigenvalue weighted by atomic mass is 16.1. The van der Waals surface area contributed by atoms with Crippen LogP contribution in [0.5, 0.6) is 0 Å². The van der Waals surface area contributed by atoms with Gasteiger partial charge in [0, 0.05) is 48.8 Å². The summed E-state index contributed by atoms with van der Waals surface area (Å²) >= 11 is 0. The van der Waals surface area contributed by atoms with Crippen molar-refractivity contribution in [2.75, 3.05) is 0 Å². The van der Waals surface area contributed by atoms with Crippen molar-refractivity contribution >= 4 is 16.8 Å². The fraction of sp³-hybridized carbons (Fsp3) is 0.143. The Kier molecular flexibility index (Phi) is 4.27. The Hall–Kier alpha value is -3.34. The van der Waals surface area contributed by atoms with Crippen LogP contribution in [0.4, 0.5) is 0 Å². The molecule has 5 nitrogen and oxygen atoms in total. The van der Waals surface area contributed by atoms with Crippen LogP contribution in [-0.4, -0.2) is 20.0 Å². The fourth-order valence-corrected chi connectivity index (χ4v) is 3.20. The summed E-state index contributed by atoms with van der Waals surface area (Å²) in [5.74, 6) is 0.0278. The molecule has 4 aromatic rings. The molecule has 5 heteroatoms. The Bertz CT molecular complexity index is 1030. The number of para-hydroxylation sites is 1. The van der Waals surface area contributed by atoms with Gasteiger partial charge in [0.05, 0.1) is 12.7 Å². The van der Waals surface area contributed by atoms with E-state index < -0.39 is 0 Å². The first-order chi connectivity index (χ1) is 12.7. The lowest BCUT2D eigenvalue weighted by Gasteiger charge is -2.07. The lowest BCUT2D eigenvalue weighted by molar-refractivity contribution is -0.120. The van der Waals surface area contributed by atoms with Crippen LogP contribution in [0.3, 0.4) is 0 Å². The third kappa shape index (κ3) is 3.24. The van der Waals surface area contributed by atoms with Crippen molar-refractivity contribution in [3.8, 4) is 5.69 Å². The van der Waals surface area contributed by atoms with Crippen molar-refractivity contribution in [2.24, 2.45) is 7.05 Å². The van der Waals surface area contributed by atoms with E-state index in [0.29, 0.717) is 13.0 Å². The van der Waals surface area contributed by atoms with Crippen molar-refractivity contribution in [1.82, 2.24) is 19.4 Å². The molecule has 2 aromatic carbocycles. The number of nitrogens with one attached hydrogen (secondary N) is 1. The molecule has 26 heavy (non-hydrogen) atoms. The standard InChI is InChI=1S/C21H20N4O/c1-24-14-17(19-4-2-3-5-20(19)24)12-21(26)23-13-16-6-8-18(9-7-16)25-11-10-22-15-25/h2-11,14-15H,12-13H2,1H3,(H,23,26). The molecule has 0 atom stereocenters. The minimum atomic E-state index is 0.0278. The molecule has 0 radical (unpaired) electrons. The lowest BCUT2D eigenvalue weighted by Crippen LogP contribution is -2.24. The molecule has 0 aliphatic rings. The Labute approximate surface area is 151 Å². The smallest absolute Gasteiger partial charge is 0.224 e. The summed E-state index contributed by atoms with van der Waals surface area (Å²) in [5.41, 5.74) is 4.31. The van der Waals surface area contributed by atoms with Crippen LogP contribution in [0, 0.1) is 0 Å². The van der Waals surface area contributed by atoms with E-state index in [4.69, 9.17) is 0 Å². The van der Waals surface area contributed by atoms with E-state index in [2.05, 4.69) is 27.0 Å². The Balaban J connectivity index is 1.39. The third-order valence-corrected chi connectivity index (χ3v) is 4.56. The number of carbonyl (C=O) groups is 1. The van der Waals surface area contributed by atoms with Crippen LogP contribution in [-0.2, 0) is 24.8 Å². The number of benzene rings is 2. The van der Waals surface area contributed by atoms with Crippen LogP contribution in [0.25, 0.3) is 16.6 Å². The molecule has 4 rings (SSSR count). The molecule has 2 heterocycles. The van der Waals surface area contributed by atoms with Gasteiger partial charge in [-0.05, 0) is 29.3 Å². The summed E-state index contributed by atoms with van der Waals surface area (Å²) in [6.07, 6.45) is 7.84. The molecule has 1 N–H and O–H groups in total. The topological polar surface area (TPSA) is 51.9 Å². The lowest BCUT2D eigenvalue weighted by atomic mass is 10.1. The molecular formula is C21H20N4O. The van der Waals surface area contributed by atoms with E-state index in [9.17, 15) is 4.79 Å². The van der Waals surface area contributed by atoms with Crippen LogP contribution in [0.15, 0.2) is 73.4 Å². The number of amides is 1. The molecule has 0 fully saturated rings. The van der Waals surface area contributed by atoms with E-state index in [1.807, 2.05) is 60.4 Å². The van der Waals surface area contributed by atoms with Gasteiger partial charge in [-0.3, -0.25) is 4.79 Å². The maximum atomic E-state index is 12.4. The van der Waals surface area contributed by atoms with Gasteiger partial charge >= 0.3 is 0 Å². The Morgan fingerprint density at radius 2 is 1.92 bits per heavy atom. The summed E-state index contributed by atoms with van der Waals surface area (Å²) in [5, 5.41) is 4.14. The molecule has 0 bridgehead atoms. The second-order valence-corrected chi connectivity index (χ2v) is 6.37. The second kappa shape index (κ2) is 6.88.